The smallest absolute Gasteiger partial charge is 0.319 e. The molecular formula is C23H44N4O6. The molecule has 0 aromatic rings. The number of ether oxygens (including phenoxy) is 1. The Bertz CT molecular complexity index is 598. The van der Waals surface area contributed by atoms with Crippen LogP contribution in [0.3, 0.4) is 0 Å². The van der Waals surface area contributed by atoms with Crippen LogP contribution in [0.1, 0.15) is 40.5 Å². The molecule has 1 aliphatic heterocycles. The summed E-state index contributed by atoms with van der Waals surface area (Å²) in [6, 6.07) is 0.259. The molecule has 0 aliphatic carbocycles. The van der Waals surface area contributed by atoms with Gasteiger partial charge < -0.3 is 14.9 Å². The summed E-state index contributed by atoms with van der Waals surface area (Å²) >= 11 is 0. The summed E-state index contributed by atoms with van der Waals surface area (Å²) in [4.78, 5) is 42.8. The van der Waals surface area contributed by atoms with E-state index in [-0.39, 0.29) is 37.1 Å². The Hall–Kier alpha value is -1.75. The Morgan fingerprint density at radius 1 is 0.818 bits per heavy atom. The van der Waals surface area contributed by atoms with E-state index in [9.17, 15) is 24.6 Å². The fourth-order valence-electron chi connectivity index (χ4n) is 4.39. The van der Waals surface area contributed by atoms with Crippen LogP contribution in [0.15, 0.2) is 0 Å². The van der Waals surface area contributed by atoms with Gasteiger partial charge in [-0.05, 0) is 18.8 Å². The van der Waals surface area contributed by atoms with Gasteiger partial charge in [-0.3, -0.25) is 34.0 Å². The molecule has 1 atom stereocenters. The van der Waals surface area contributed by atoms with Crippen LogP contribution < -0.4 is 0 Å². The second kappa shape index (κ2) is 14.5. The van der Waals surface area contributed by atoms with Crippen LogP contribution in [-0.2, 0) is 19.1 Å². The molecule has 1 heterocycles. The third-order valence-corrected chi connectivity index (χ3v) is 6.74. The predicted octanol–water partition coefficient (Wildman–Crippen LogP) is 0.765. The number of carboxylic acid groups (broad SMARTS) is 2. The zero-order chi connectivity index (χ0) is 25.0. The fraction of sp³-hybridized carbons (Fsp3) is 0.870. The second-order valence-electron chi connectivity index (χ2n) is 9.64. The van der Waals surface area contributed by atoms with Crippen molar-refractivity contribution in [2.75, 3.05) is 79.1 Å². The van der Waals surface area contributed by atoms with Crippen LogP contribution in [0.25, 0.3) is 0 Å². The van der Waals surface area contributed by atoms with Crippen molar-refractivity contribution in [2.45, 2.75) is 46.6 Å². The highest BCUT2D eigenvalue weighted by atomic mass is 16.5. The number of methoxy groups -OCH3 is 1. The van der Waals surface area contributed by atoms with Crippen molar-refractivity contribution in [3.8, 4) is 0 Å². The zero-order valence-corrected chi connectivity index (χ0v) is 21.1. The molecule has 0 aromatic heterocycles. The van der Waals surface area contributed by atoms with Gasteiger partial charge in [-0.1, -0.05) is 27.2 Å². The maximum absolute atomic E-state index is 11.9. The molecule has 2 N–H and O–H groups in total. The molecule has 10 nitrogen and oxygen atoms in total. The molecule has 1 unspecified atom stereocenters. The molecule has 1 fully saturated rings. The summed E-state index contributed by atoms with van der Waals surface area (Å²) in [6.07, 6.45) is 2.16. The number of carbonyl (C=O) groups excluding carboxylic acids is 1. The topological polar surface area (TPSA) is 114 Å². The number of aliphatic carboxylic acids is 2. The minimum Gasteiger partial charge on any atom is -0.480 e. The van der Waals surface area contributed by atoms with Crippen molar-refractivity contribution >= 4 is 17.9 Å². The fourth-order valence-corrected chi connectivity index (χ4v) is 4.39. The van der Waals surface area contributed by atoms with Gasteiger partial charge in [0.25, 0.3) is 0 Å². The first-order valence-corrected chi connectivity index (χ1v) is 11.9. The van der Waals surface area contributed by atoms with Gasteiger partial charge >= 0.3 is 17.9 Å². The molecule has 1 rings (SSSR count). The van der Waals surface area contributed by atoms with Crippen molar-refractivity contribution < 1.29 is 29.3 Å². The van der Waals surface area contributed by atoms with Gasteiger partial charge in [-0.2, -0.15) is 0 Å². The lowest BCUT2D eigenvalue weighted by atomic mass is 9.80. The van der Waals surface area contributed by atoms with Crippen LogP contribution in [0.2, 0.25) is 0 Å². The Kier molecular flexibility index (Phi) is 12.9. The van der Waals surface area contributed by atoms with Crippen molar-refractivity contribution in [3.63, 3.8) is 0 Å². The maximum Gasteiger partial charge on any atom is 0.319 e. The summed E-state index contributed by atoms with van der Waals surface area (Å²) in [6.45, 7) is 13.4. The average Bonchev–Trinajstić information content (AvgIpc) is 2.72. The number of hydrogen-bond donors (Lipinski definition) is 2. The largest absolute Gasteiger partial charge is 0.480 e. The lowest BCUT2D eigenvalue weighted by molar-refractivity contribution is -0.143. The van der Waals surface area contributed by atoms with E-state index in [0.29, 0.717) is 52.4 Å². The molecule has 0 saturated carbocycles. The monoisotopic (exact) mass is 472 g/mol. The first-order valence-electron chi connectivity index (χ1n) is 11.9. The Morgan fingerprint density at radius 2 is 1.21 bits per heavy atom. The summed E-state index contributed by atoms with van der Waals surface area (Å²) in [5.74, 6) is -2.12. The van der Waals surface area contributed by atoms with E-state index in [0.717, 1.165) is 12.8 Å². The number of rotatable bonds is 10. The van der Waals surface area contributed by atoms with Crippen molar-refractivity contribution in [2.24, 2.45) is 5.41 Å². The van der Waals surface area contributed by atoms with E-state index >= 15 is 0 Å². The van der Waals surface area contributed by atoms with Crippen LogP contribution >= 0.6 is 0 Å². The van der Waals surface area contributed by atoms with Crippen LogP contribution in [0, 0.1) is 5.41 Å². The van der Waals surface area contributed by atoms with E-state index < -0.39 is 11.9 Å². The summed E-state index contributed by atoms with van der Waals surface area (Å²) in [7, 11) is 1.34. The molecule has 10 heteroatoms. The van der Waals surface area contributed by atoms with Gasteiger partial charge in [0.05, 0.1) is 26.7 Å². The first-order chi connectivity index (χ1) is 15.5. The zero-order valence-electron chi connectivity index (χ0n) is 21.1. The molecule has 0 spiro atoms. The molecule has 1 saturated heterocycles. The van der Waals surface area contributed by atoms with E-state index in [1.165, 1.54) is 7.11 Å². The van der Waals surface area contributed by atoms with Crippen LogP contribution in [0.5, 0.6) is 0 Å². The SMILES string of the molecule is CCCC(C)(C)C(C)N1CCN(CC(=O)O)CCN(CC(=O)OC)CCN(CC(=O)O)CC1. The van der Waals surface area contributed by atoms with Crippen molar-refractivity contribution in [3.05, 3.63) is 0 Å². The van der Waals surface area contributed by atoms with Crippen molar-refractivity contribution in [1.29, 1.82) is 0 Å². The third kappa shape index (κ3) is 11.3. The molecule has 1 aliphatic rings. The number of carboxylic acids is 2. The predicted molar refractivity (Wildman–Crippen MR) is 126 cm³/mol. The van der Waals surface area contributed by atoms with Gasteiger partial charge in [-0.15, -0.1) is 0 Å². The highest BCUT2D eigenvalue weighted by molar-refractivity contribution is 5.71. The first kappa shape index (κ1) is 29.3. The molecule has 33 heavy (non-hydrogen) atoms. The minimum absolute atomic E-state index is 0.0578. The highest BCUT2D eigenvalue weighted by Gasteiger charge is 2.31. The van der Waals surface area contributed by atoms with Gasteiger partial charge in [-0.25, -0.2) is 0 Å². The number of hydrogen-bond acceptors (Lipinski definition) is 8. The van der Waals surface area contributed by atoms with E-state index in [1.54, 1.807) is 0 Å². The summed E-state index contributed by atoms with van der Waals surface area (Å²) in [5, 5.41) is 18.8. The molecule has 0 radical (unpaired) electrons. The normalized spacial score (nSPS) is 19.9. The molecule has 0 bridgehead atoms. The van der Waals surface area contributed by atoms with E-state index in [4.69, 9.17) is 4.74 Å². The number of esters is 1. The highest BCUT2D eigenvalue weighted by Crippen LogP contribution is 2.30. The summed E-state index contributed by atoms with van der Waals surface area (Å²) < 4.78 is 4.80. The lowest BCUT2D eigenvalue weighted by Crippen LogP contribution is -2.52. The van der Waals surface area contributed by atoms with Gasteiger partial charge in [0.15, 0.2) is 0 Å². The molecule has 0 amide bonds. The maximum atomic E-state index is 11.9. The van der Waals surface area contributed by atoms with E-state index in [2.05, 4.69) is 32.6 Å². The second-order valence-corrected chi connectivity index (χ2v) is 9.64. The Morgan fingerprint density at radius 3 is 1.58 bits per heavy atom. The van der Waals surface area contributed by atoms with Crippen LogP contribution in [0.4, 0.5) is 0 Å². The molecule has 0 aromatic carbocycles. The van der Waals surface area contributed by atoms with Gasteiger partial charge in [0, 0.05) is 58.4 Å². The Balaban J connectivity index is 3.08. The van der Waals surface area contributed by atoms with Crippen molar-refractivity contribution in [1.82, 2.24) is 19.6 Å². The Labute approximate surface area is 198 Å². The molecular weight excluding hydrogens is 428 g/mol. The third-order valence-electron chi connectivity index (χ3n) is 6.74. The number of carbonyl (C=O) groups is 3. The van der Waals surface area contributed by atoms with Crippen LogP contribution in [-0.4, -0.2) is 133 Å². The standard InChI is InChI=1S/C23H44N4O6/c1-6-7-23(3,4)19(2)27-14-12-24(16-20(28)29)8-10-26(18-22(32)33-5)11-9-25(13-15-27)17-21(30)31/h19H,6-18H2,1-5H3,(H,28,29)(H,30,31). The lowest BCUT2D eigenvalue weighted by Gasteiger charge is -2.42. The quantitative estimate of drug-likeness (QED) is 0.442. The average molecular weight is 473 g/mol. The minimum atomic E-state index is -0.875. The van der Waals surface area contributed by atoms with E-state index in [1.807, 2.05) is 14.7 Å². The summed E-state index contributed by atoms with van der Waals surface area (Å²) in [5.41, 5.74) is 0.0817. The molecule has 192 valence electrons. The van der Waals surface area contributed by atoms with Gasteiger partial charge in [0.2, 0.25) is 0 Å². The number of nitrogens with zero attached hydrogens (tertiary/aromatic N) is 4. The van der Waals surface area contributed by atoms with Gasteiger partial charge in [0.1, 0.15) is 0 Å².